The van der Waals surface area contributed by atoms with Crippen LogP contribution in [0.3, 0.4) is 0 Å². The zero-order chi connectivity index (χ0) is 15.0. The molecule has 0 aliphatic carbocycles. The number of urea groups is 1. The summed E-state index contributed by atoms with van der Waals surface area (Å²) in [6.45, 7) is 0. The van der Waals surface area contributed by atoms with Crippen molar-refractivity contribution in [2.75, 3.05) is 22.3 Å². The van der Waals surface area contributed by atoms with Gasteiger partial charge < -0.3 is 4.42 Å². The zero-order valence-corrected chi connectivity index (χ0v) is 12.7. The third-order valence-corrected chi connectivity index (χ3v) is 5.13. The lowest BCUT2D eigenvalue weighted by molar-refractivity contribution is 0.257. The number of carbonyl (C=O) groups is 1. The second-order valence-electron chi connectivity index (χ2n) is 4.51. The minimum absolute atomic E-state index is 0.252. The van der Waals surface area contributed by atoms with E-state index in [1.165, 1.54) is 29.0 Å². The Balaban J connectivity index is 1.85. The molecule has 1 aliphatic heterocycles. The summed E-state index contributed by atoms with van der Waals surface area (Å²) >= 11 is 1.42. The van der Waals surface area contributed by atoms with Gasteiger partial charge in [-0.05, 0) is 24.3 Å². The van der Waals surface area contributed by atoms with Gasteiger partial charge in [0, 0.05) is 17.2 Å². The van der Waals surface area contributed by atoms with E-state index < -0.39 is 9.84 Å². The summed E-state index contributed by atoms with van der Waals surface area (Å²) in [4.78, 5) is 14.7. The molecule has 1 aromatic carbocycles. The second kappa shape index (κ2) is 5.12. The molecule has 1 aliphatic rings. The van der Waals surface area contributed by atoms with Gasteiger partial charge in [-0.1, -0.05) is 0 Å². The molecule has 6 nitrogen and oxygen atoms in total. The van der Waals surface area contributed by atoms with Crippen LogP contribution in [0, 0.1) is 0 Å². The highest BCUT2D eigenvalue weighted by atomic mass is 32.2. The van der Waals surface area contributed by atoms with Gasteiger partial charge in [-0.2, -0.15) is 0 Å². The molecule has 3 rings (SSSR count). The van der Waals surface area contributed by atoms with Crippen LogP contribution in [0.25, 0.3) is 0 Å². The fourth-order valence-electron chi connectivity index (χ4n) is 1.96. The Morgan fingerprint density at radius 2 is 2.19 bits per heavy atom. The van der Waals surface area contributed by atoms with E-state index in [1.807, 2.05) is 0 Å². The van der Waals surface area contributed by atoms with Crippen LogP contribution in [0.15, 0.2) is 50.8 Å². The van der Waals surface area contributed by atoms with Crippen LogP contribution in [0.5, 0.6) is 0 Å². The van der Waals surface area contributed by atoms with Crippen molar-refractivity contribution in [2.45, 2.75) is 9.79 Å². The van der Waals surface area contributed by atoms with Crippen molar-refractivity contribution >= 4 is 39.2 Å². The molecule has 8 heteroatoms. The maximum Gasteiger partial charge on any atom is 0.329 e. The quantitative estimate of drug-likeness (QED) is 0.919. The first-order valence-corrected chi connectivity index (χ1v) is 8.92. The molecule has 2 heterocycles. The molecule has 0 bridgehead atoms. The smallest absolute Gasteiger partial charge is 0.329 e. The van der Waals surface area contributed by atoms with Crippen molar-refractivity contribution in [3.8, 4) is 0 Å². The maximum atomic E-state index is 12.2. The summed E-state index contributed by atoms with van der Waals surface area (Å²) in [5, 5.41) is 2.64. The lowest BCUT2D eigenvalue weighted by Crippen LogP contribution is -2.32. The molecule has 1 N–H and O–H groups in total. The van der Waals surface area contributed by atoms with Crippen molar-refractivity contribution in [1.29, 1.82) is 0 Å². The van der Waals surface area contributed by atoms with Crippen molar-refractivity contribution in [3.63, 3.8) is 0 Å². The normalized spacial score (nSPS) is 14.0. The molecule has 1 aromatic heterocycles. The van der Waals surface area contributed by atoms with Gasteiger partial charge in [0.1, 0.15) is 0 Å². The minimum Gasteiger partial charge on any atom is -0.449 e. The molecular formula is C13H12N2O4S2. The standard InChI is InChI=1S/C13H12N2O4S2/c1-21(17,18)9-4-5-10-11(7-9)20-8-15(10)13(16)14-12-3-2-6-19-12/h2-7H,8H2,1H3,(H,14,16). The highest BCUT2D eigenvalue weighted by molar-refractivity contribution is 8.00. The van der Waals surface area contributed by atoms with Crippen molar-refractivity contribution in [3.05, 3.63) is 36.6 Å². The molecule has 0 saturated carbocycles. The predicted molar refractivity (Wildman–Crippen MR) is 80.5 cm³/mol. The Bertz CT molecular complexity index is 785. The average molecular weight is 324 g/mol. The number of carbonyl (C=O) groups excluding carboxylic acids is 1. The van der Waals surface area contributed by atoms with E-state index in [9.17, 15) is 13.2 Å². The van der Waals surface area contributed by atoms with Crippen LogP contribution in [-0.4, -0.2) is 26.6 Å². The zero-order valence-electron chi connectivity index (χ0n) is 11.1. The fraction of sp³-hybridized carbons (Fsp3) is 0.154. The third kappa shape index (κ3) is 2.77. The number of furan rings is 1. The largest absolute Gasteiger partial charge is 0.449 e. The second-order valence-corrected chi connectivity index (χ2v) is 7.51. The molecule has 0 fully saturated rings. The van der Waals surface area contributed by atoms with Gasteiger partial charge in [-0.15, -0.1) is 11.8 Å². The Morgan fingerprint density at radius 1 is 1.38 bits per heavy atom. The Hall–Kier alpha value is -1.93. The van der Waals surface area contributed by atoms with Gasteiger partial charge in [-0.25, -0.2) is 13.2 Å². The highest BCUT2D eigenvalue weighted by Crippen LogP contribution is 2.40. The number of amides is 2. The number of thioether (sulfide) groups is 1. The monoisotopic (exact) mass is 324 g/mol. The molecule has 0 atom stereocenters. The lowest BCUT2D eigenvalue weighted by atomic mass is 10.3. The SMILES string of the molecule is CS(=O)(=O)c1ccc2c(c1)SCN2C(=O)Nc1ccco1. The molecule has 0 unspecified atom stereocenters. The minimum atomic E-state index is -3.25. The van der Waals surface area contributed by atoms with Crippen LogP contribution < -0.4 is 10.2 Å². The Labute approximate surface area is 126 Å². The van der Waals surface area contributed by atoms with Gasteiger partial charge in [-0.3, -0.25) is 10.2 Å². The highest BCUT2D eigenvalue weighted by Gasteiger charge is 2.27. The van der Waals surface area contributed by atoms with Crippen LogP contribution in [0.1, 0.15) is 0 Å². The van der Waals surface area contributed by atoms with Crippen LogP contribution in [0.4, 0.5) is 16.4 Å². The van der Waals surface area contributed by atoms with E-state index in [2.05, 4.69) is 5.32 Å². The van der Waals surface area contributed by atoms with E-state index in [0.29, 0.717) is 17.4 Å². The molecule has 0 radical (unpaired) electrons. The maximum absolute atomic E-state index is 12.2. The van der Waals surface area contributed by atoms with Crippen LogP contribution >= 0.6 is 11.8 Å². The number of fused-ring (bicyclic) bond motifs is 1. The number of hydrogen-bond acceptors (Lipinski definition) is 5. The van der Waals surface area contributed by atoms with Crippen molar-refractivity contribution in [1.82, 2.24) is 0 Å². The summed E-state index contributed by atoms with van der Waals surface area (Å²) in [6, 6.07) is 7.76. The van der Waals surface area contributed by atoms with Gasteiger partial charge in [0.05, 0.1) is 22.7 Å². The number of hydrogen-bond donors (Lipinski definition) is 1. The molecule has 2 aromatic rings. The van der Waals surface area contributed by atoms with Crippen LogP contribution in [-0.2, 0) is 9.84 Å². The van der Waals surface area contributed by atoms with E-state index in [4.69, 9.17) is 4.42 Å². The molecule has 0 spiro atoms. The summed E-state index contributed by atoms with van der Waals surface area (Å²) in [5.74, 6) is 0.793. The Kier molecular flexibility index (Phi) is 3.42. The molecule has 21 heavy (non-hydrogen) atoms. The summed E-state index contributed by atoms with van der Waals surface area (Å²) in [7, 11) is -3.25. The lowest BCUT2D eigenvalue weighted by Gasteiger charge is -2.16. The molecule has 2 amide bonds. The predicted octanol–water partition coefficient (Wildman–Crippen LogP) is 2.78. The molecule has 110 valence electrons. The van der Waals surface area contributed by atoms with Gasteiger partial charge >= 0.3 is 6.03 Å². The van der Waals surface area contributed by atoms with E-state index in [1.54, 1.807) is 24.3 Å². The first-order valence-electron chi connectivity index (χ1n) is 6.04. The molecule has 0 saturated heterocycles. The first-order chi connectivity index (χ1) is 9.95. The first kappa shape index (κ1) is 14.0. The van der Waals surface area contributed by atoms with Crippen LogP contribution in [0.2, 0.25) is 0 Å². The van der Waals surface area contributed by atoms with Gasteiger partial charge in [0.2, 0.25) is 5.88 Å². The summed E-state index contributed by atoms with van der Waals surface area (Å²) in [6.07, 6.45) is 2.64. The van der Waals surface area contributed by atoms with Gasteiger partial charge in [0.15, 0.2) is 9.84 Å². The summed E-state index contributed by atoms with van der Waals surface area (Å²) < 4.78 is 28.2. The fourth-order valence-corrected chi connectivity index (χ4v) is 3.74. The number of benzene rings is 1. The van der Waals surface area contributed by atoms with E-state index in [0.717, 1.165) is 11.2 Å². The van der Waals surface area contributed by atoms with E-state index in [-0.39, 0.29) is 10.9 Å². The Morgan fingerprint density at radius 3 is 2.86 bits per heavy atom. The third-order valence-electron chi connectivity index (χ3n) is 3.00. The average Bonchev–Trinajstić information content (AvgIpc) is 3.05. The topological polar surface area (TPSA) is 79.6 Å². The number of nitrogens with zero attached hydrogens (tertiary/aromatic N) is 1. The number of rotatable bonds is 2. The number of nitrogens with one attached hydrogen (secondary N) is 1. The van der Waals surface area contributed by atoms with E-state index >= 15 is 0 Å². The summed E-state index contributed by atoms with van der Waals surface area (Å²) in [5.41, 5.74) is 0.691. The number of anilines is 2. The van der Waals surface area contributed by atoms with Crippen molar-refractivity contribution < 1.29 is 17.6 Å². The van der Waals surface area contributed by atoms with Crippen molar-refractivity contribution in [2.24, 2.45) is 0 Å². The molecular weight excluding hydrogens is 312 g/mol. The number of sulfone groups is 1. The van der Waals surface area contributed by atoms with Gasteiger partial charge in [0.25, 0.3) is 0 Å².